The Morgan fingerprint density at radius 1 is 1.53 bits per heavy atom. The maximum atomic E-state index is 8.93. The second-order valence-corrected chi connectivity index (χ2v) is 4.61. The topological polar surface area (TPSA) is 74.5 Å². The van der Waals surface area contributed by atoms with Crippen LogP contribution in [0, 0.1) is 18.3 Å². The molecule has 2 rings (SSSR count). The van der Waals surface area contributed by atoms with E-state index < -0.39 is 0 Å². The fraction of sp³-hybridized carbons (Fsp3) is 0.273. The lowest BCUT2D eigenvalue weighted by Crippen LogP contribution is -1.98. The SMILES string of the molecule is CCc1nc(Nc2nnccc2C#N)sc1C. The third-order valence-electron chi connectivity index (χ3n) is 2.29. The summed E-state index contributed by atoms with van der Waals surface area (Å²) in [5.41, 5.74) is 1.53. The molecule has 17 heavy (non-hydrogen) atoms. The lowest BCUT2D eigenvalue weighted by Gasteiger charge is -2.01. The summed E-state index contributed by atoms with van der Waals surface area (Å²) in [6.07, 6.45) is 2.39. The lowest BCUT2D eigenvalue weighted by atomic mass is 10.3. The zero-order valence-corrected chi connectivity index (χ0v) is 10.4. The van der Waals surface area contributed by atoms with Crippen LogP contribution >= 0.6 is 11.3 Å². The first-order valence-corrected chi connectivity index (χ1v) is 6.01. The molecule has 2 aromatic heterocycles. The first-order valence-electron chi connectivity index (χ1n) is 5.19. The van der Waals surface area contributed by atoms with E-state index in [1.54, 1.807) is 17.4 Å². The van der Waals surface area contributed by atoms with Gasteiger partial charge in [0.1, 0.15) is 6.07 Å². The Balaban J connectivity index is 2.29. The number of thiazole rings is 1. The number of nitrogens with one attached hydrogen (secondary N) is 1. The van der Waals surface area contributed by atoms with Gasteiger partial charge in [0, 0.05) is 4.88 Å². The Morgan fingerprint density at radius 2 is 2.35 bits per heavy atom. The van der Waals surface area contributed by atoms with Gasteiger partial charge in [0.15, 0.2) is 10.9 Å². The molecule has 86 valence electrons. The first-order chi connectivity index (χ1) is 8.24. The normalized spacial score (nSPS) is 9.94. The Hall–Kier alpha value is -2.00. The van der Waals surface area contributed by atoms with Gasteiger partial charge in [0.25, 0.3) is 0 Å². The van der Waals surface area contributed by atoms with Crippen molar-refractivity contribution in [2.45, 2.75) is 20.3 Å². The van der Waals surface area contributed by atoms with Crippen molar-refractivity contribution in [3.8, 4) is 6.07 Å². The zero-order chi connectivity index (χ0) is 12.3. The van der Waals surface area contributed by atoms with E-state index in [4.69, 9.17) is 5.26 Å². The van der Waals surface area contributed by atoms with E-state index in [1.165, 1.54) is 11.1 Å². The fourth-order valence-electron chi connectivity index (χ4n) is 1.43. The maximum absolute atomic E-state index is 8.93. The number of aromatic nitrogens is 3. The highest BCUT2D eigenvalue weighted by Crippen LogP contribution is 2.25. The molecule has 0 saturated carbocycles. The summed E-state index contributed by atoms with van der Waals surface area (Å²) >= 11 is 1.55. The summed E-state index contributed by atoms with van der Waals surface area (Å²) in [4.78, 5) is 5.61. The minimum atomic E-state index is 0.450. The molecular formula is C11H11N5S. The molecule has 0 radical (unpaired) electrons. The van der Waals surface area contributed by atoms with Gasteiger partial charge in [0.05, 0.1) is 17.5 Å². The number of aryl methyl sites for hydroxylation is 2. The number of hydrogen-bond donors (Lipinski definition) is 1. The molecule has 6 heteroatoms. The summed E-state index contributed by atoms with van der Waals surface area (Å²) in [6, 6.07) is 3.68. The van der Waals surface area contributed by atoms with Crippen molar-refractivity contribution in [3.63, 3.8) is 0 Å². The Kier molecular flexibility index (Phi) is 3.30. The molecule has 0 atom stereocenters. The molecule has 0 bridgehead atoms. The van der Waals surface area contributed by atoms with Gasteiger partial charge in [-0.1, -0.05) is 6.92 Å². The van der Waals surface area contributed by atoms with E-state index in [0.717, 1.165) is 17.2 Å². The average molecular weight is 245 g/mol. The standard InChI is InChI=1S/C11H11N5S/c1-3-9-7(2)17-11(14-9)15-10-8(6-12)4-5-13-16-10/h4-5H,3H2,1-2H3,(H,14,15,16). The van der Waals surface area contributed by atoms with E-state index in [9.17, 15) is 0 Å². The van der Waals surface area contributed by atoms with Crippen molar-refractivity contribution < 1.29 is 0 Å². The van der Waals surface area contributed by atoms with Gasteiger partial charge in [0.2, 0.25) is 0 Å². The molecule has 2 heterocycles. The number of anilines is 2. The minimum absolute atomic E-state index is 0.450. The van der Waals surface area contributed by atoms with Gasteiger partial charge in [-0.15, -0.1) is 16.4 Å². The molecular weight excluding hydrogens is 234 g/mol. The molecule has 1 N–H and O–H groups in total. The average Bonchev–Trinajstić information content (AvgIpc) is 2.70. The van der Waals surface area contributed by atoms with Crippen LogP contribution in [-0.4, -0.2) is 15.2 Å². The van der Waals surface area contributed by atoms with Crippen LogP contribution in [-0.2, 0) is 6.42 Å². The molecule has 5 nitrogen and oxygen atoms in total. The number of rotatable bonds is 3. The van der Waals surface area contributed by atoms with Crippen LogP contribution in [0.3, 0.4) is 0 Å². The van der Waals surface area contributed by atoms with Gasteiger partial charge in [-0.2, -0.15) is 10.4 Å². The number of hydrogen-bond acceptors (Lipinski definition) is 6. The van der Waals surface area contributed by atoms with Crippen molar-refractivity contribution in [2.75, 3.05) is 5.32 Å². The predicted octanol–water partition coefficient (Wildman–Crippen LogP) is 2.42. The molecule has 0 aromatic carbocycles. The fourth-order valence-corrected chi connectivity index (χ4v) is 2.33. The van der Waals surface area contributed by atoms with Crippen molar-refractivity contribution in [2.24, 2.45) is 0 Å². The molecule has 0 aliphatic carbocycles. The second kappa shape index (κ2) is 4.89. The summed E-state index contributed by atoms with van der Waals surface area (Å²) in [5.74, 6) is 0.450. The summed E-state index contributed by atoms with van der Waals surface area (Å²) in [5, 5.41) is 20.3. The Labute approximate surface area is 103 Å². The molecule has 0 unspecified atom stereocenters. The van der Waals surface area contributed by atoms with Crippen LogP contribution in [0.5, 0.6) is 0 Å². The first kappa shape index (κ1) is 11.5. The van der Waals surface area contributed by atoms with Crippen molar-refractivity contribution in [1.82, 2.24) is 15.2 Å². The monoisotopic (exact) mass is 245 g/mol. The summed E-state index contributed by atoms with van der Waals surface area (Å²) in [7, 11) is 0. The van der Waals surface area contributed by atoms with E-state index in [-0.39, 0.29) is 0 Å². The molecule has 0 fully saturated rings. The van der Waals surface area contributed by atoms with E-state index in [2.05, 4.69) is 33.5 Å². The smallest absolute Gasteiger partial charge is 0.188 e. The van der Waals surface area contributed by atoms with Crippen LogP contribution < -0.4 is 5.32 Å². The highest BCUT2D eigenvalue weighted by molar-refractivity contribution is 7.15. The van der Waals surface area contributed by atoms with E-state index in [1.807, 2.05) is 6.92 Å². The number of nitrogens with zero attached hydrogens (tertiary/aromatic N) is 4. The van der Waals surface area contributed by atoms with Gasteiger partial charge < -0.3 is 5.32 Å². The van der Waals surface area contributed by atoms with Gasteiger partial charge in [-0.05, 0) is 19.4 Å². The zero-order valence-electron chi connectivity index (χ0n) is 9.56. The van der Waals surface area contributed by atoms with Crippen molar-refractivity contribution in [1.29, 1.82) is 5.26 Å². The van der Waals surface area contributed by atoms with E-state index >= 15 is 0 Å². The van der Waals surface area contributed by atoms with E-state index in [0.29, 0.717) is 11.4 Å². The van der Waals surface area contributed by atoms with Crippen LogP contribution in [0.15, 0.2) is 12.3 Å². The number of nitriles is 1. The van der Waals surface area contributed by atoms with Gasteiger partial charge >= 0.3 is 0 Å². The summed E-state index contributed by atoms with van der Waals surface area (Å²) < 4.78 is 0. The third kappa shape index (κ3) is 2.40. The van der Waals surface area contributed by atoms with Crippen molar-refractivity contribution >= 4 is 22.3 Å². The van der Waals surface area contributed by atoms with Crippen LogP contribution in [0.1, 0.15) is 23.1 Å². The largest absolute Gasteiger partial charge is 0.314 e. The molecule has 0 aliphatic heterocycles. The quantitative estimate of drug-likeness (QED) is 0.898. The van der Waals surface area contributed by atoms with Crippen molar-refractivity contribution in [3.05, 3.63) is 28.4 Å². The Morgan fingerprint density at radius 3 is 3.00 bits per heavy atom. The molecule has 0 spiro atoms. The summed E-state index contributed by atoms with van der Waals surface area (Å²) in [6.45, 7) is 4.10. The third-order valence-corrected chi connectivity index (χ3v) is 3.22. The lowest BCUT2D eigenvalue weighted by molar-refractivity contribution is 1.02. The van der Waals surface area contributed by atoms with Crippen LogP contribution in [0.25, 0.3) is 0 Å². The molecule has 2 aromatic rings. The minimum Gasteiger partial charge on any atom is -0.314 e. The maximum Gasteiger partial charge on any atom is 0.188 e. The van der Waals surface area contributed by atoms with Gasteiger partial charge in [-0.25, -0.2) is 4.98 Å². The predicted molar refractivity (Wildman–Crippen MR) is 66.3 cm³/mol. The van der Waals surface area contributed by atoms with Gasteiger partial charge in [-0.3, -0.25) is 0 Å². The highest BCUT2D eigenvalue weighted by Gasteiger charge is 2.09. The Bertz CT molecular complexity index is 569. The second-order valence-electron chi connectivity index (χ2n) is 3.41. The highest BCUT2D eigenvalue weighted by atomic mass is 32.1. The van der Waals surface area contributed by atoms with Crippen LogP contribution in [0.4, 0.5) is 10.9 Å². The molecule has 0 amide bonds. The van der Waals surface area contributed by atoms with Crippen LogP contribution in [0.2, 0.25) is 0 Å². The molecule has 0 saturated heterocycles. The molecule has 0 aliphatic rings.